The monoisotopic (exact) mass is 284 g/mol. The maximum absolute atomic E-state index is 12.1. The van der Waals surface area contributed by atoms with Crippen molar-refractivity contribution in [2.45, 2.75) is 33.1 Å². The second-order valence-electron chi connectivity index (χ2n) is 5.29. The first-order valence-corrected chi connectivity index (χ1v) is 6.91. The molecule has 0 fully saturated rings. The number of carbonyl (C=O) groups excluding carboxylic acids is 1. The van der Waals surface area contributed by atoms with E-state index < -0.39 is 0 Å². The number of nitrogens with zero attached hydrogens (tertiary/aromatic N) is 2. The fraction of sp³-hybridized carbons (Fsp3) is 0.312. The van der Waals surface area contributed by atoms with Gasteiger partial charge in [0.2, 0.25) is 11.9 Å². The van der Waals surface area contributed by atoms with Crippen molar-refractivity contribution in [1.82, 2.24) is 9.97 Å². The number of nitrogens with two attached hydrogens (primary N) is 1. The Labute approximate surface area is 124 Å². The highest BCUT2D eigenvalue weighted by atomic mass is 16.1. The molecule has 3 N–H and O–H groups in total. The molecule has 1 amide bonds. The van der Waals surface area contributed by atoms with Crippen molar-refractivity contribution < 1.29 is 4.79 Å². The normalized spacial score (nSPS) is 12.0. The number of aromatic nitrogens is 2. The molecule has 1 aromatic heterocycles. The minimum atomic E-state index is -0.0932. The zero-order valence-corrected chi connectivity index (χ0v) is 12.6. The number of nitrogens with one attached hydrogen (secondary N) is 1. The van der Waals surface area contributed by atoms with Crippen molar-refractivity contribution in [3.05, 3.63) is 47.3 Å². The van der Waals surface area contributed by atoms with Crippen LogP contribution in [-0.2, 0) is 4.79 Å². The maximum atomic E-state index is 12.1. The van der Waals surface area contributed by atoms with E-state index in [1.807, 2.05) is 51.1 Å². The Morgan fingerprint density at radius 1 is 1.19 bits per heavy atom. The van der Waals surface area contributed by atoms with Gasteiger partial charge >= 0.3 is 0 Å². The van der Waals surface area contributed by atoms with Gasteiger partial charge < -0.3 is 5.73 Å². The Morgan fingerprint density at radius 2 is 1.76 bits per heavy atom. The molecule has 0 bridgehead atoms. The van der Waals surface area contributed by atoms with Crippen molar-refractivity contribution in [2.24, 2.45) is 0 Å². The standard InChI is InChI=1S/C16H20N4O/c1-10(13-4-6-14(17)7-5-13)8-15(21)20-16-18-11(2)9-12(3)19-16/h4-7,9-10H,8,17H2,1-3H3,(H,18,19,20,21). The first-order chi connectivity index (χ1) is 9.94. The van der Waals surface area contributed by atoms with Crippen LogP contribution >= 0.6 is 0 Å². The summed E-state index contributed by atoms with van der Waals surface area (Å²) in [6.07, 6.45) is 0.375. The largest absolute Gasteiger partial charge is 0.399 e. The van der Waals surface area contributed by atoms with E-state index in [4.69, 9.17) is 5.73 Å². The Kier molecular flexibility index (Phi) is 4.52. The lowest BCUT2D eigenvalue weighted by molar-refractivity contribution is -0.116. The average molecular weight is 284 g/mol. The number of hydrogen-bond acceptors (Lipinski definition) is 4. The molecular formula is C16H20N4O. The summed E-state index contributed by atoms with van der Waals surface area (Å²) in [4.78, 5) is 20.5. The molecule has 1 heterocycles. The summed E-state index contributed by atoms with van der Waals surface area (Å²) in [5, 5.41) is 2.75. The molecule has 0 saturated heterocycles. The van der Waals surface area contributed by atoms with Crippen LogP contribution in [0.15, 0.2) is 30.3 Å². The van der Waals surface area contributed by atoms with E-state index in [2.05, 4.69) is 15.3 Å². The lowest BCUT2D eigenvalue weighted by Crippen LogP contribution is -2.16. The molecule has 0 saturated carbocycles. The number of nitrogen functional groups attached to an aromatic ring is 1. The predicted molar refractivity (Wildman–Crippen MR) is 84.0 cm³/mol. The molecule has 5 heteroatoms. The summed E-state index contributed by atoms with van der Waals surface area (Å²) >= 11 is 0. The molecule has 1 aromatic carbocycles. The highest BCUT2D eigenvalue weighted by Gasteiger charge is 2.12. The van der Waals surface area contributed by atoms with Crippen LogP contribution in [0.25, 0.3) is 0 Å². The van der Waals surface area contributed by atoms with E-state index in [1.54, 1.807) is 0 Å². The molecule has 5 nitrogen and oxygen atoms in total. The van der Waals surface area contributed by atoms with E-state index in [0.29, 0.717) is 12.4 Å². The van der Waals surface area contributed by atoms with Crippen LogP contribution in [0.5, 0.6) is 0 Å². The number of amides is 1. The van der Waals surface area contributed by atoms with Crippen LogP contribution in [0.4, 0.5) is 11.6 Å². The molecule has 1 atom stereocenters. The van der Waals surface area contributed by atoms with Gasteiger partial charge in [0, 0.05) is 23.5 Å². The predicted octanol–water partition coefficient (Wildman–Crippen LogP) is 2.81. The van der Waals surface area contributed by atoms with Gasteiger partial charge in [0.05, 0.1) is 0 Å². The van der Waals surface area contributed by atoms with Crippen molar-refractivity contribution >= 4 is 17.5 Å². The molecule has 0 aliphatic carbocycles. The zero-order chi connectivity index (χ0) is 15.4. The molecule has 2 aromatic rings. The van der Waals surface area contributed by atoms with Crippen LogP contribution in [0.2, 0.25) is 0 Å². The lowest BCUT2D eigenvalue weighted by atomic mass is 9.97. The summed E-state index contributed by atoms with van der Waals surface area (Å²) in [5.74, 6) is 0.378. The molecule has 1 unspecified atom stereocenters. The van der Waals surface area contributed by atoms with Crippen LogP contribution in [0.3, 0.4) is 0 Å². The minimum Gasteiger partial charge on any atom is -0.399 e. The number of hydrogen-bond donors (Lipinski definition) is 2. The smallest absolute Gasteiger partial charge is 0.229 e. The third-order valence-electron chi connectivity index (χ3n) is 3.23. The van der Waals surface area contributed by atoms with Gasteiger partial charge in [0.1, 0.15) is 0 Å². The van der Waals surface area contributed by atoms with Crippen molar-refractivity contribution in [2.75, 3.05) is 11.1 Å². The van der Waals surface area contributed by atoms with Crippen LogP contribution in [0.1, 0.15) is 36.2 Å². The van der Waals surface area contributed by atoms with E-state index in [9.17, 15) is 4.79 Å². The number of benzene rings is 1. The second-order valence-corrected chi connectivity index (χ2v) is 5.29. The van der Waals surface area contributed by atoms with Gasteiger partial charge in [0.15, 0.2) is 0 Å². The molecule has 0 spiro atoms. The Balaban J connectivity index is 1.99. The summed E-state index contributed by atoms with van der Waals surface area (Å²) < 4.78 is 0. The summed E-state index contributed by atoms with van der Waals surface area (Å²) in [5.41, 5.74) is 9.14. The van der Waals surface area contributed by atoms with Gasteiger partial charge in [-0.25, -0.2) is 9.97 Å². The van der Waals surface area contributed by atoms with Crippen molar-refractivity contribution in [3.8, 4) is 0 Å². The second kappa shape index (κ2) is 6.35. The summed E-state index contributed by atoms with van der Waals surface area (Å²) in [6.45, 7) is 5.76. The number of aryl methyl sites for hydroxylation is 2. The van der Waals surface area contributed by atoms with Crippen LogP contribution in [0, 0.1) is 13.8 Å². The zero-order valence-electron chi connectivity index (χ0n) is 12.6. The lowest BCUT2D eigenvalue weighted by Gasteiger charge is -2.12. The molecule has 21 heavy (non-hydrogen) atoms. The average Bonchev–Trinajstić information content (AvgIpc) is 2.37. The van der Waals surface area contributed by atoms with Gasteiger partial charge in [-0.1, -0.05) is 19.1 Å². The van der Waals surface area contributed by atoms with Gasteiger partial charge in [-0.2, -0.15) is 0 Å². The number of anilines is 2. The highest BCUT2D eigenvalue weighted by molar-refractivity contribution is 5.89. The van der Waals surface area contributed by atoms with Crippen LogP contribution in [-0.4, -0.2) is 15.9 Å². The first kappa shape index (κ1) is 15.0. The van der Waals surface area contributed by atoms with Gasteiger partial charge in [-0.05, 0) is 43.5 Å². The highest BCUT2D eigenvalue weighted by Crippen LogP contribution is 2.20. The molecule has 0 aliphatic rings. The maximum Gasteiger partial charge on any atom is 0.229 e. The molecule has 0 aliphatic heterocycles. The molecule has 2 rings (SSSR count). The third kappa shape index (κ3) is 4.27. The summed E-state index contributed by atoms with van der Waals surface area (Å²) in [6, 6.07) is 9.45. The topological polar surface area (TPSA) is 80.9 Å². The quantitative estimate of drug-likeness (QED) is 0.846. The Morgan fingerprint density at radius 3 is 2.33 bits per heavy atom. The Hall–Kier alpha value is -2.43. The van der Waals surface area contributed by atoms with Gasteiger partial charge in [-0.15, -0.1) is 0 Å². The molecule has 110 valence electrons. The third-order valence-corrected chi connectivity index (χ3v) is 3.23. The van der Waals surface area contributed by atoms with Gasteiger partial charge in [0.25, 0.3) is 0 Å². The summed E-state index contributed by atoms with van der Waals surface area (Å²) in [7, 11) is 0. The number of carbonyl (C=O) groups is 1. The van der Waals surface area contributed by atoms with E-state index >= 15 is 0 Å². The number of rotatable bonds is 4. The van der Waals surface area contributed by atoms with E-state index in [-0.39, 0.29) is 11.8 Å². The fourth-order valence-corrected chi connectivity index (χ4v) is 2.18. The Bertz CT molecular complexity index is 617. The molecule has 0 radical (unpaired) electrons. The first-order valence-electron chi connectivity index (χ1n) is 6.91. The van der Waals surface area contributed by atoms with Gasteiger partial charge in [-0.3, -0.25) is 10.1 Å². The van der Waals surface area contributed by atoms with Crippen molar-refractivity contribution in [1.29, 1.82) is 0 Å². The van der Waals surface area contributed by atoms with E-state index in [0.717, 1.165) is 22.6 Å². The minimum absolute atomic E-state index is 0.0932. The molecular weight excluding hydrogens is 264 g/mol. The van der Waals surface area contributed by atoms with Crippen LogP contribution < -0.4 is 11.1 Å². The fourth-order valence-electron chi connectivity index (χ4n) is 2.18. The van der Waals surface area contributed by atoms with E-state index in [1.165, 1.54) is 0 Å². The SMILES string of the molecule is Cc1cc(C)nc(NC(=O)CC(C)c2ccc(N)cc2)n1. The van der Waals surface area contributed by atoms with Crippen molar-refractivity contribution in [3.63, 3.8) is 0 Å².